The van der Waals surface area contributed by atoms with Crippen molar-refractivity contribution in [3.05, 3.63) is 21.9 Å². The van der Waals surface area contributed by atoms with Crippen LogP contribution in [0.4, 0.5) is 8.78 Å². The summed E-state index contributed by atoms with van der Waals surface area (Å²) in [7, 11) is 0. The predicted octanol–water partition coefficient (Wildman–Crippen LogP) is 3.05. The lowest BCUT2D eigenvalue weighted by Crippen LogP contribution is -2.29. The maximum absolute atomic E-state index is 12.5. The van der Waals surface area contributed by atoms with Crippen molar-refractivity contribution in [3.63, 3.8) is 0 Å². The van der Waals surface area contributed by atoms with Crippen LogP contribution in [0.1, 0.15) is 31.4 Å². The fourth-order valence-corrected chi connectivity index (χ4v) is 2.11. The SMILES string of the molecule is CC(C)(C(=O)O)c1cscc1C(F)F. The summed E-state index contributed by atoms with van der Waals surface area (Å²) < 4.78 is 24.9. The van der Waals surface area contributed by atoms with E-state index in [1.807, 2.05) is 0 Å². The Morgan fingerprint density at radius 2 is 2.07 bits per heavy atom. The summed E-state index contributed by atoms with van der Waals surface area (Å²) in [6.07, 6.45) is -2.62. The smallest absolute Gasteiger partial charge is 0.313 e. The minimum atomic E-state index is -2.62. The van der Waals surface area contributed by atoms with Gasteiger partial charge in [0.25, 0.3) is 6.43 Å². The number of carboxylic acid groups (broad SMARTS) is 1. The average Bonchev–Trinajstić information content (AvgIpc) is 2.51. The molecular weight excluding hydrogens is 210 g/mol. The lowest BCUT2D eigenvalue weighted by molar-refractivity contribution is -0.142. The van der Waals surface area contributed by atoms with E-state index in [0.717, 1.165) is 11.3 Å². The molecule has 1 aromatic heterocycles. The summed E-state index contributed by atoms with van der Waals surface area (Å²) in [4.78, 5) is 10.9. The number of carboxylic acids is 1. The van der Waals surface area contributed by atoms with Gasteiger partial charge in [-0.1, -0.05) is 0 Å². The molecule has 0 spiro atoms. The van der Waals surface area contributed by atoms with Crippen LogP contribution >= 0.6 is 11.3 Å². The van der Waals surface area contributed by atoms with Crippen molar-refractivity contribution >= 4 is 17.3 Å². The first-order valence-electron chi connectivity index (χ1n) is 3.95. The monoisotopic (exact) mass is 220 g/mol. The largest absolute Gasteiger partial charge is 0.481 e. The molecule has 5 heteroatoms. The van der Waals surface area contributed by atoms with Gasteiger partial charge in [-0.2, -0.15) is 11.3 Å². The highest BCUT2D eigenvalue weighted by atomic mass is 32.1. The van der Waals surface area contributed by atoms with Gasteiger partial charge in [0.15, 0.2) is 0 Å². The normalized spacial score (nSPS) is 12.1. The third kappa shape index (κ3) is 1.77. The van der Waals surface area contributed by atoms with Gasteiger partial charge < -0.3 is 5.11 Å². The Morgan fingerprint density at radius 1 is 1.50 bits per heavy atom. The topological polar surface area (TPSA) is 37.3 Å². The van der Waals surface area contributed by atoms with Gasteiger partial charge in [0.05, 0.1) is 5.41 Å². The third-order valence-electron chi connectivity index (χ3n) is 2.14. The van der Waals surface area contributed by atoms with Crippen LogP contribution in [0.5, 0.6) is 0 Å². The Kier molecular flexibility index (Phi) is 2.89. The number of carbonyl (C=O) groups is 1. The van der Waals surface area contributed by atoms with E-state index < -0.39 is 17.8 Å². The van der Waals surface area contributed by atoms with Crippen molar-refractivity contribution in [2.75, 3.05) is 0 Å². The van der Waals surface area contributed by atoms with E-state index in [1.54, 1.807) is 0 Å². The van der Waals surface area contributed by atoms with Gasteiger partial charge in [0.2, 0.25) is 0 Å². The Balaban J connectivity index is 3.18. The Hall–Kier alpha value is -0.970. The minimum absolute atomic E-state index is 0.178. The highest BCUT2D eigenvalue weighted by Crippen LogP contribution is 2.35. The number of hydrogen-bond acceptors (Lipinski definition) is 2. The molecule has 1 N–H and O–H groups in total. The Morgan fingerprint density at radius 3 is 2.50 bits per heavy atom. The summed E-state index contributed by atoms with van der Waals surface area (Å²) in [5.74, 6) is -1.10. The molecule has 0 atom stereocenters. The zero-order chi connectivity index (χ0) is 10.9. The fourth-order valence-electron chi connectivity index (χ4n) is 1.10. The fraction of sp³-hybridized carbons (Fsp3) is 0.444. The number of alkyl halides is 2. The quantitative estimate of drug-likeness (QED) is 0.850. The second-order valence-corrected chi connectivity index (χ2v) is 4.22. The minimum Gasteiger partial charge on any atom is -0.481 e. The summed E-state index contributed by atoms with van der Waals surface area (Å²) in [5.41, 5.74) is -1.24. The maximum Gasteiger partial charge on any atom is 0.313 e. The molecule has 0 aliphatic carbocycles. The molecule has 0 radical (unpaired) electrons. The van der Waals surface area contributed by atoms with E-state index in [4.69, 9.17) is 5.11 Å². The van der Waals surface area contributed by atoms with Gasteiger partial charge in [0.1, 0.15) is 0 Å². The highest BCUT2D eigenvalue weighted by molar-refractivity contribution is 7.08. The van der Waals surface area contributed by atoms with Gasteiger partial charge in [-0.3, -0.25) is 4.79 Å². The van der Waals surface area contributed by atoms with E-state index in [-0.39, 0.29) is 11.1 Å². The number of rotatable bonds is 3. The summed E-state index contributed by atoms with van der Waals surface area (Å²) >= 11 is 1.10. The molecule has 0 saturated carbocycles. The zero-order valence-corrected chi connectivity index (χ0v) is 8.57. The van der Waals surface area contributed by atoms with Gasteiger partial charge in [-0.15, -0.1) is 0 Å². The molecule has 0 aromatic carbocycles. The lowest BCUT2D eigenvalue weighted by Gasteiger charge is -2.19. The van der Waals surface area contributed by atoms with E-state index in [2.05, 4.69) is 0 Å². The summed E-state index contributed by atoms with van der Waals surface area (Å²) in [5, 5.41) is 11.6. The molecule has 0 amide bonds. The molecule has 78 valence electrons. The van der Waals surface area contributed by atoms with Gasteiger partial charge in [-0.05, 0) is 30.2 Å². The van der Waals surface area contributed by atoms with Crippen LogP contribution in [0.15, 0.2) is 10.8 Å². The highest BCUT2D eigenvalue weighted by Gasteiger charge is 2.34. The number of halogens is 2. The average molecular weight is 220 g/mol. The first-order chi connectivity index (χ1) is 6.37. The van der Waals surface area contributed by atoms with Gasteiger partial charge >= 0.3 is 5.97 Å². The van der Waals surface area contributed by atoms with E-state index in [1.165, 1.54) is 24.6 Å². The van der Waals surface area contributed by atoms with Crippen LogP contribution in [0.2, 0.25) is 0 Å². The number of hydrogen-bond donors (Lipinski definition) is 1. The molecular formula is C9H10F2O2S. The first-order valence-corrected chi connectivity index (χ1v) is 4.89. The predicted molar refractivity (Wildman–Crippen MR) is 49.9 cm³/mol. The molecule has 0 aliphatic rings. The lowest BCUT2D eigenvalue weighted by atomic mass is 9.84. The molecule has 1 rings (SSSR count). The molecule has 0 saturated heterocycles. The molecule has 1 heterocycles. The van der Waals surface area contributed by atoms with Crippen LogP contribution in [-0.2, 0) is 10.2 Å². The molecule has 1 aromatic rings. The van der Waals surface area contributed by atoms with Crippen molar-refractivity contribution in [3.8, 4) is 0 Å². The molecule has 0 unspecified atom stereocenters. The third-order valence-corrected chi connectivity index (χ3v) is 2.90. The van der Waals surface area contributed by atoms with E-state index in [9.17, 15) is 13.6 Å². The van der Waals surface area contributed by atoms with Crippen LogP contribution < -0.4 is 0 Å². The van der Waals surface area contributed by atoms with Crippen molar-refractivity contribution in [2.24, 2.45) is 0 Å². The van der Waals surface area contributed by atoms with Crippen molar-refractivity contribution in [1.29, 1.82) is 0 Å². The number of aliphatic carboxylic acids is 1. The maximum atomic E-state index is 12.5. The first kappa shape index (κ1) is 11.1. The van der Waals surface area contributed by atoms with Crippen molar-refractivity contribution in [1.82, 2.24) is 0 Å². The van der Waals surface area contributed by atoms with Gasteiger partial charge in [-0.25, -0.2) is 8.78 Å². The summed E-state index contributed by atoms with van der Waals surface area (Å²) in [6.45, 7) is 2.84. The van der Waals surface area contributed by atoms with Crippen LogP contribution in [0.25, 0.3) is 0 Å². The zero-order valence-electron chi connectivity index (χ0n) is 7.75. The standard InChI is InChI=1S/C9H10F2O2S/c1-9(2,8(12)13)6-4-14-3-5(6)7(10)11/h3-4,7H,1-2H3,(H,12,13). The van der Waals surface area contributed by atoms with Crippen LogP contribution in [-0.4, -0.2) is 11.1 Å². The number of thiophene rings is 1. The molecule has 2 nitrogen and oxygen atoms in total. The Labute approximate surface area is 84.2 Å². The second-order valence-electron chi connectivity index (χ2n) is 3.47. The summed E-state index contributed by atoms with van der Waals surface area (Å²) in [6, 6.07) is 0. The molecule has 0 aliphatic heterocycles. The molecule has 0 bridgehead atoms. The van der Waals surface area contributed by atoms with Crippen molar-refractivity contribution in [2.45, 2.75) is 25.7 Å². The van der Waals surface area contributed by atoms with E-state index in [0.29, 0.717) is 0 Å². The molecule has 0 fully saturated rings. The Bertz CT molecular complexity index is 344. The van der Waals surface area contributed by atoms with Crippen LogP contribution in [0.3, 0.4) is 0 Å². The molecule has 14 heavy (non-hydrogen) atoms. The van der Waals surface area contributed by atoms with Gasteiger partial charge in [0, 0.05) is 5.56 Å². The van der Waals surface area contributed by atoms with Crippen LogP contribution in [0, 0.1) is 0 Å². The van der Waals surface area contributed by atoms with E-state index >= 15 is 0 Å². The second kappa shape index (κ2) is 3.65. The van der Waals surface area contributed by atoms with Crippen molar-refractivity contribution < 1.29 is 18.7 Å².